The summed E-state index contributed by atoms with van der Waals surface area (Å²) in [4.78, 5) is 11.6. The molecule has 2 rings (SSSR count). The average Bonchev–Trinajstić information content (AvgIpc) is 2.53. The van der Waals surface area contributed by atoms with Crippen LogP contribution in [0, 0.1) is 10.1 Å². The first-order valence-electron chi connectivity index (χ1n) is 6.89. The lowest BCUT2D eigenvalue weighted by molar-refractivity contribution is -0.384. The van der Waals surface area contributed by atoms with Gasteiger partial charge in [-0.15, -0.1) is 0 Å². The Morgan fingerprint density at radius 1 is 1.04 bits per heavy atom. The van der Waals surface area contributed by atoms with Gasteiger partial charge in [-0.05, 0) is 35.4 Å². The van der Waals surface area contributed by atoms with Crippen molar-refractivity contribution in [2.75, 3.05) is 19.0 Å². The van der Waals surface area contributed by atoms with E-state index in [0.29, 0.717) is 5.69 Å². The molecule has 5 nitrogen and oxygen atoms in total. The van der Waals surface area contributed by atoms with Crippen molar-refractivity contribution in [3.05, 3.63) is 69.8 Å². The van der Waals surface area contributed by atoms with Gasteiger partial charge in [0.2, 0.25) is 5.60 Å². The Morgan fingerprint density at radius 3 is 2.08 bits per heavy atom. The van der Waals surface area contributed by atoms with E-state index in [1.165, 1.54) is 18.2 Å². The number of hydrogen-bond acceptors (Lipinski definition) is 4. The zero-order valence-electron chi connectivity index (χ0n) is 12.9. The maximum absolute atomic E-state index is 13.7. The van der Waals surface area contributed by atoms with Gasteiger partial charge in [0.25, 0.3) is 5.69 Å². The minimum atomic E-state index is -5.01. The first-order chi connectivity index (χ1) is 11.1. The third-order valence-corrected chi connectivity index (χ3v) is 3.69. The van der Waals surface area contributed by atoms with Crippen molar-refractivity contribution in [2.45, 2.75) is 11.8 Å². The number of alkyl halides is 3. The number of halogens is 3. The Kier molecular flexibility index (Phi) is 4.52. The number of non-ortho nitro benzene ring substituents is 1. The summed E-state index contributed by atoms with van der Waals surface area (Å²) < 4.78 is 41.0. The Hall–Kier alpha value is -2.61. The molecule has 0 heterocycles. The van der Waals surface area contributed by atoms with E-state index >= 15 is 0 Å². The number of aliphatic hydroxyl groups is 1. The molecule has 0 amide bonds. The van der Waals surface area contributed by atoms with Crippen molar-refractivity contribution in [2.24, 2.45) is 0 Å². The Balaban J connectivity index is 2.63. The third kappa shape index (κ3) is 3.05. The molecule has 0 fully saturated rings. The second-order valence-corrected chi connectivity index (χ2v) is 5.46. The fourth-order valence-electron chi connectivity index (χ4n) is 2.33. The molecule has 0 aliphatic carbocycles. The smallest absolute Gasteiger partial charge is 0.378 e. The van der Waals surface area contributed by atoms with Crippen molar-refractivity contribution < 1.29 is 23.2 Å². The molecule has 0 aliphatic heterocycles. The van der Waals surface area contributed by atoms with Gasteiger partial charge in [-0.1, -0.05) is 12.1 Å². The molecule has 1 atom stereocenters. The zero-order valence-corrected chi connectivity index (χ0v) is 12.9. The van der Waals surface area contributed by atoms with E-state index < -0.39 is 22.3 Å². The summed E-state index contributed by atoms with van der Waals surface area (Å²) in [6, 6.07) is 9.10. The van der Waals surface area contributed by atoms with E-state index in [1.807, 2.05) is 0 Å². The highest BCUT2D eigenvalue weighted by atomic mass is 19.4. The van der Waals surface area contributed by atoms with Crippen LogP contribution in [0.25, 0.3) is 0 Å². The zero-order chi connectivity index (χ0) is 18.1. The molecule has 0 bridgehead atoms. The van der Waals surface area contributed by atoms with E-state index in [9.17, 15) is 28.4 Å². The number of benzene rings is 2. The van der Waals surface area contributed by atoms with Crippen LogP contribution < -0.4 is 4.90 Å². The van der Waals surface area contributed by atoms with Gasteiger partial charge in [0.15, 0.2) is 0 Å². The predicted molar refractivity (Wildman–Crippen MR) is 82.9 cm³/mol. The summed E-state index contributed by atoms with van der Waals surface area (Å²) in [6.45, 7) is 0. The van der Waals surface area contributed by atoms with E-state index in [-0.39, 0.29) is 11.3 Å². The molecule has 24 heavy (non-hydrogen) atoms. The summed E-state index contributed by atoms with van der Waals surface area (Å²) in [5, 5.41) is 21.2. The summed E-state index contributed by atoms with van der Waals surface area (Å²) in [5.74, 6) is 0. The van der Waals surface area contributed by atoms with E-state index in [1.54, 1.807) is 25.1 Å². The van der Waals surface area contributed by atoms with Crippen molar-refractivity contribution in [1.29, 1.82) is 0 Å². The van der Waals surface area contributed by atoms with Crippen LogP contribution in [0.5, 0.6) is 0 Å². The monoisotopic (exact) mass is 340 g/mol. The first kappa shape index (κ1) is 17.7. The highest BCUT2D eigenvalue weighted by Gasteiger charge is 2.56. The number of hydrogen-bond donors (Lipinski definition) is 1. The minimum absolute atomic E-state index is 0.356. The summed E-state index contributed by atoms with van der Waals surface area (Å²) in [7, 11) is 3.33. The average molecular weight is 340 g/mol. The fraction of sp³-hybridized carbons (Fsp3) is 0.250. The van der Waals surface area contributed by atoms with Crippen molar-refractivity contribution in [3.63, 3.8) is 0 Å². The summed E-state index contributed by atoms with van der Waals surface area (Å²) in [5.41, 5.74) is -4.00. The Bertz CT molecular complexity index is 745. The van der Waals surface area contributed by atoms with Crippen LogP contribution in [0.15, 0.2) is 48.5 Å². The van der Waals surface area contributed by atoms with Gasteiger partial charge >= 0.3 is 6.18 Å². The van der Waals surface area contributed by atoms with Crippen LogP contribution in [0.3, 0.4) is 0 Å². The van der Waals surface area contributed by atoms with Crippen LogP contribution >= 0.6 is 0 Å². The van der Waals surface area contributed by atoms with Crippen LogP contribution in [0.4, 0.5) is 24.5 Å². The topological polar surface area (TPSA) is 66.6 Å². The maximum Gasteiger partial charge on any atom is 0.425 e. The molecule has 128 valence electrons. The van der Waals surface area contributed by atoms with Crippen molar-refractivity contribution >= 4 is 11.4 Å². The molecule has 2 aromatic carbocycles. The van der Waals surface area contributed by atoms with Gasteiger partial charge in [0, 0.05) is 31.9 Å². The van der Waals surface area contributed by atoms with Gasteiger partial charge in [-0.25, -0.2) is 0 Å². The van der Waals surface area contributed by atoms with Gasteiger partial charge in [0.05, 0.1) is 4.92 Å². The quantitative estimate of drug-likeness (QED) is 0.684. The lowest BCUT2D eigenvalue weighted by Gasteiger charge is -2.32. The number of anilines is 1. The van der Waals surface area contributed by atoms with Crippen LogP contribution in [-0.2, 0) is 5.60 Å². The molecular formula is C16H15F3N2O3. The molecule has 0 saturated carbocycles. The number of nitrogens with zero attached hydrogens (tertiary/aromatic N) is 2. The van der Waals surface area contributed by atoms with E-state index in [4.69, 9.17) is 0 Å². The molecule has 0 saturated heterocycles. The molecule has 0 aliphatic rings. The third-order valence-electron chi connectivity index (χ3n) is 3.69. The molecule has 1 N–H and O–H groups in total. The van der Waals surface area contributed by atoms with E-state index in [0.717, 1.165) is 24.3 Å². The van der Waals surface area contributed by atoms with Crippen molar-refractivity contribution in [1.82, 2.24) is 0 Å². The SMILES string of the molecule is CN(C)c1cccc(C(O)(c2ccc([N+](=O)[O-])cc2)C(F)(F)F)c1. The molecule has 0 spiro atoms. The first-order valence-corrected chi connectivity index (χ1v) is 6.89. The van der Waals surface area contributed by atoms with Gasteiger partial charge in [-0.2, -0.15) is 13.2 Å². The lowest BCUT2D eigenvalue weighted by Crippen LogP contribution is -2.43. The number of nitro benzene ring substituents is 1. The summed E-state index contributed by atoms with van der Waals surface area (Å²) >= 11 is 0. The molecule has 1 unspecified atom stereocenters. The molecule has 0 aromatic heterocycles. The highest BCUT2D eigenvalue weighted by Crippen LogP contribution is 2.45. The molecule has 8 heteroatoms. The Labute approximate surface area is 136 Å². The fourth-order valence-corrected chi connectivity index (χ4v) is 2.33. The number of nitro groups is 1. The second kappa shape index (κ2) is 6.12. The normalized spacial score (nSPS) is 14.1. The predicted octanol–water partition coefficient (Wildman–Crippen LogP) is 3.46. The molecule has 0 radical (unpaired) electrons. The highest BCUT2D eigenvalue weighted by molar-refractivity contribution is 5.51. The van der Waals surface area contributed by atoms with Crippen molar-refractivity contribution in [3.8, 4) is 0 Å². The molecular weight excluding hydrogens is 325 g/mol. The van der Waals surface area contributed by atoms with Gasteiger partial charge in [0.1, 0.15) is 0 Å². The van der Waals surface area contributed by atoms with Gasteiger partial charge in [-0.3, -0.25) is 10.1 Å². The van der Waals surface area contributed by atoms with Gasteiger partial charge < -0.3 is 10.0 Å². The molecule has 2 aromatic rings. The minimum Gasteiger partial charge on any atom is -0.378 e. The summed E-state index contributed by atoms with van der Waals surface area (Å²) in [6.07, 6.45) is -5.01. The largest absolute Gasteiger partial charge is 0.425 e. The van der Waals surface area contributed by atoms with Crippen LogP contribution in [0.2, 0.25) is 0 Å². The number of rotatable bonds is 4. The van der Waals surface area contributed by atoms with E-state index in [2.05, 4.69) is 0 Å². The Morgan fingerprint density at radius 2 is 1.62 bits per heavy atom. The standard InChI is InChI=1S/C16H15F3N2O3/c1-20(2)14-5-3-4-12(10-14)15(22,16(17,18)19)11-6-8-13(9-7-11)21(23)24/h3-10,22H,1-2H3. The second-order valence-electron chi connectivity index (χ2n) is 5.46. The lowest BCUT2D eigenvalue weighted by atomic mass is 9.85. The van der Waals surface area contributed by atoms with Crippen LogP contribution in [-0.4, -0.2) is 30.3 Å². The maximum atomic E-state index is 13.7. The van der Waals surface area contributed by atoms with Crippen LogP contribution in [0.1, 0.15) is 11.1 Å².